The fraction of sp³-hybridized carbons (Fsp3) is 0.391. The summed E-state index contributed by atoms with van der Waals surface area (Å²) in [6, 6.07) is 15.7. The Kier molecular flexibility index (Phi) is 6.10. The molecule has 1 fully saturated rings. The van der Waals surface area contributed by atoms with Gasteiger partial charge in [0.25, 0.3) is 5.91 Å². The number of anilines is 1. The topological polar surface area (TPSA) is 71.9 Å². The van der Waals surface area contributed by atoms with Crippen molar-refractivity contribution in [3.63, 3.8) is 0 Å². The van der Waals surface area contributed by atoms with Gasteiger partial charge in [-0.25, -0.2) is 0 Å². The van der Waals surface area contributed by atoms with Crippen molar-refractivity contribution in [3.8, 4) is 5.75 Å². The zero-order valence-electron chi connectivity index (χ0n) is 16.6. The summed E-state index contributed by atoms with van der Waals surface area (Å²) in [5.74, 6) is 0.103. The molecule has 4 rings (SSSR count). The van der Waals surface area contributed by atoms with Crippen molar-refractivity contribution in [2.75, 3.05) is 18.4 Å². The van der Waals surface area contributed by atoms with E-state index in [1.807, 2.05) is 12.1 Å². The van der Waals surface area contributed by atoms with Gasteiger partial charge in [0, 0.05) is 12.1 Å². The van der Waals surface area contributed by atoms with Crippen LogP contribution in [0.5, 0.6) is 5.75 Å². The summed E-state index contributed by atoms with van der Waals surface area (Å²) in [4.78, 5) is 26.1. The molecule has 29 heavy (non-hydrogen) atoms. The Morgan fingerprint density at radius 3 is 2.55 bits per heavy atom. The third kappa shape index (κ3) is 5.15. The average molecular weight is 394 g/mol. The van der Waals surface area contributed by atoms with Crippen LogP contribution >= 0.6 is 0 Å². The first kappa shape index (κ1) is 19.5. The maximum atomic E-state index is 12.3. The van der Waals surface area contributed by atoms with E-state index in [2.05, 4.69) is 34.9 Å². The number of piperidine rings is 1. The highest BCUT2D eigenvalue weighted by Gasteiger charge is 2.29. The molecule has 2 aliphatic rings. The van der Waals surface area contributed by atoms with Crippen LogP contribution in [0.2, 0.25) is 0 Å². The molecule has 0 unspecified atom stereocenters. The third-order valence-electron chi connectivity index (χ3n) is 5.60. The van der Waals surface area contributed by atoms with E-state index in [1.54, 1.807) is 17.0 Å². The van der Waals surface area contributed by atoms with Gasteiger partial charge in [-0.2, -0.15) is 0 Å². The molecule has 0 aromatic heterocycles. The molecular formula is C23H28N3O3+. The second-order valence-corrected chi connectivity index (χ2v) is 7.88. The number of hydrogen-bond donors (Lipinski definition) is 3. The van der Waals surface area contributed by atoms with E-state index >= 15 is 0 Å². The second kappa shape index (κ2) is 9.09. The van der Waals surface area contributed by atoms with Gasteiger partial charge in [0.1, 0.15) is 12.3 Å². The van der Waals surface area contributed by atoms with Gasteiger partial charge in [-0.15, -0.1) is 0 Å². The molecule has 0 saturated carbocycles. The number of hydrogen-bond acceptors (Lipinski definition) is 3. The smallest absolute Gasteiger partial charge is 0.266 e. The van der Waals surface area contributed by atoms with Crippen molar-refractivity contribution in [1.29, 1.82) is 0 Å². The van der Waals surface area contributed by atoms with Gasteiger partial charge in [-0.05, 0) is 37.0 Å². The minimum absolute atomic E-state index is 0.00340. The van der Waals surface area contributed by atoms with Crippen LogP contribution in [0.3, 0.4) is 0 Å². The Bertz CT molecular complexity index is 860. The van der Waals surface area contributed by atoms with Gasteiger partial charge in [0.15, 0.2) is 6.10 Å². The number of carbonyl (C=O) groups excluding carboxylic acids is 2. The zero-order valence-corrected chi connectivity index (χ0v) is 16.6. The maximum absolute atomic E-state index is 12.3. The number of para-hydroxylation sites is 2. The van der Waals surface area contributed by atoms with Crippen LogP contribution in [-0.4, -0.2) is 31.0 Å². The number of benzene rings is 2. The molecule has 6 heteroatoms. The average Bonchev–Trinajstić information content (AvgIpc) is 2.74. The predicted molar refractivity (Wildman–Crippen MR) is 111 cm³/mol. The Labute approximate surface area is 171 Å². The van der Waals surface area contributed by atoms with Gasteiger partial charge >= 0.3 is 0 Å². The van der Waals surface area contributed by atoms with E-state index in [9.17, 15) is 9.59 Å². The van der Waals surface area contributed by atoms with Crippen LogP contribution in [-0.2, 0) is 22.7 Å². The van der Waals surface area contributed by atoms with Crippen LogP contribution in [0.15, 0.2) is 48.5 Å². The summed E-state index contributed by atoms with van der Waals surface area (Å²) < 4.78 is 5.68. The fourth-order valence-electron chi connectivity index (χ4n) is 3.96. The molecule has 0 bridgehead atoms. The highest BCUT2D eigenvalue weighted by molar-refractivity contribution is 5.99. The summed E-state index contributed by atoms with van der Waals surface area (Å²) >= 11 is 0. The highest BCUT2D eigenvalue weighted by atomic mass is 16.5. The first-order chi connectivity index (χ1) is 14.2. The molecule has 152 valence electrons. The Morgan fingerprint density at radius 2 is 1.76 bits per heavy atom. The molecule has 2 amide bonds. The van der Waals surface area contributed by atoms with E-state index < -0.39 is 6.10 Å². The number of ether oxygens (including phenoxy) is 1. The van der Waals surface area contributed by atoms with Crippen molar-refractivity contribution < 1.29 is 19.2 Å². The van der Waals surface area contributed by atoms with Crippen molar-refractivity contribution in [2.45, 2.75) is 44.9 Å². The van der Waals surface area contributed by atoms with Crippen molar-refractivity contribution in [2.24, 2.45) is 0 Å². The van der Waals surface area contributed by atoms with Gasteiger partial charge in [0.05, 0.1) is 25.2 Å². The molecule has 2 aromatic carbocycles. The standard InChI is InChI=1S/C23H27N3O3/c27-22(14-21-23(28)25-19-6-2-3-7-20(19)29-21)24-15-17-8-10-18(11-9-17)16-26-12-4-1-5-13-26/h2-3,6-11,21H,1,4-5,12-16H2,(H,24,27)(H,25,28)/p+1/t21-/m1/s1. The summed E-state index contributed by atoms with van der Waals surface area (Å²) in [7, 11) is 0. The molecule has 1 atom stereocenters. The molecule has 0 aliphatic carbocycles. The minimum Gasteiger partial charge on any atom is -0.478 e. The number of rotatable bonds is 6. The number of fused-ring (bicyclic) bond motifs is 1. The van der Waals surface area contributed by atoms with E-state index in [1.165, 1.54) is 37.9 Å². The molecule has 2 aliphatic heterocycles. The summed E-state index contributed by atoms with van der Waals surface area (Å²) in [6.07, 6.45) is 3.21. The van der Waals surface area contributed by atoms with Gasteiger partial charge < -0.3 is 20.3 Å². The number of likely N-dealkylation sites (tertiary alicyclic amines) is 1. The lowest BCUT2D eigenvalue weighted by Gasteiger charge is -2.25. The molecule has 6 nitrogen and oxygen atoms in total. The molecule has 2 aromatic rings. The van der Waals surface area contributed by atoms with Crippen LogP contribution in [0.25, 0.3) is 0 Å². The van der Waals surface area contributed by atoms with Crippen molar-refractivity contribution >= 4 is 17.5 Å². The van der Waals surface area contributed by atoms with Gasteiger partial charge in [-0.1, -0.05) is 36.4 Å². The van der Waals surface area contributed by atoms with Gasteiger partial charge in [-0.3, -0.25) is 9.59 Å². The quantitative estimate of drug-likeness (QED) is 0.698. The number of amides is 2. The van der Waals surface area contributed by atoms with Crippen molar-refractivity contribution in [3.05, 3.63) is 59.7 Å². The monoisotopic (exact) mass is 394 g/mol. The molecule has 1 saturated heterocycles. The number of carbonyl (C=O) groups is 2. The van der Waals surface area contributed by atoms with E-state index in [0.717, 1.165) is 12.1 Å². The van der Waals surface area contributed by atoms with Crippen molar-refractivity contribution in [1.82, 2.24) is 5.32 Å². The van der Waals surface area contributed by atoms with Crippen LogP contribution < -0.4 is 20.3 Å². The SMILES string of the molecule is O=C(C[C@H]1Oc2ccccc2NC1=O)NCc1ccc(C[NH+]2CCCCC2)cc1. The molecule has 3 N–H and O–H groups in total. The van der Waals surface area contributed by atoms with E-state index in [4.69, 9.17) is 4.74 Å². The Hall–Kier alpha value is -2.86. The predicted octanol–water partition coefficient (Wildman–Crippen LogP) is 1.66. The first-order valence-corrected chi connectivity index (χ1v) is 10.4. The highest BCUT2D eigenvalue weighted by Crippen LogP contribution is 2.29. The largest absolute Gasteiger partial charge is 0.478 e. The lowest BCUT2D eigenvalue weighted by Crippen LogP contribution is -3.11. The molecule has 0 radical (unpaired) electrons. The fourth-order valence-corrected chi connectivity index (χ4v) is 3.96. The number of quaternary nitrogens is 1. The van der Waals surface area contributed by atoms with Crippen LogP contribution in [0.4, 0.5) is 5.69 Å². The first-order valence-electron chi connectivity index (χ1n) is 10.4. The Balaban J connectivity index is 1.25. The lowest BCUT2D eigenvalue weighted by atomic mass is 10.1. The molecule has 2 heterocycles. The molecule has 0 spiro atoms. The van der Waals surface area contributed by atoms with Gasteiger partial charge in [0.2, 0.25) is 5.91 Å². The maximum Gasteiger partial charge on any atom is 0.266 e. The second-order valence-electron chi connectivity index (χ2n) is 7.88. The zero-order chi connectivity index (χ0) is 20.1. The normalized spacial score (nSPS) is 19.0. The van der Waals surface area contributed by atoms with Crippen LogP contribution in [0.1, 0.15) is 36.8 Å². The lowest BCUT2D eigenvalue weighted by molar-refractivity contribution is -0.918. The Morgan fingerprint density at radius 1 is 1.03 bits per heavy atom. The number of nitrogens with one attached hydrogen (secondary N) is 3. The third-order valence-corrected chi connectivity index (χ3v) is 5.60. The summed E-state index contributed by atoms with van der Waals surface area (Å²) in [5.41, 5.74) is 3.03. The van der Waals surface area contributed by atoms with Crippen LogP contribution in [0, 0.1) is 0 Å². The summed E-state index contributed by atoms with van der Waals surface area (Å²) in [6.45, 7) is 4.04. The van der Waals surface area contributed by atoms with E-state index in [-0.39, 0.29) is 18.2 Å². The van der Waals surface area contributed by atoms with E-state index in [0.29, 0.717) is 18.0 Å². The summed E-state index contributed by atoms with van der Waals surface area (Å²) in [5, 5.41) is 5.67. The minimum atomic E-state index is -0.806. The molecular weight excluding hydrogens is 366 g/mol.